The highest BCUT2D eigenvalue weighted by molar-refractivity contribution is 5.75. The molecule has 0 aliphatic rings. The van der Waals surface area contributed by atoms with Crippen LogP contribution >= 0.6 is 0 Å². The third-order valence-corrected chi connectivity index (χ3v) is 2.95. The van der Waals surface area contributed by atoms with Crippen molar-refractivity contribution < 1.29 is 28.9 Å². The van der Waals surface area contributed by atoms with Crippen molar-refractivity contribution in [3.8, 4) is 0 Å². The van der Waals surface area contributed by atoms with Crippen molar-refractivity contribution >= 4 is 12.1 Å². The first-order valence-electron chi connectivity index (χ1n) is 8.13. The monoisotopic (exact) mass is 342 g/mol. The molecule has 0 heterocycles. The molecule has 0 unspecified atom stereocenters. The summed E-state index contributed by atoms with van der Waals surface area (Å²) in [6.45, 7) is 11.5. The molecule has 6 nitrogen and oxygen atoms in total. The van der Waals surface area contributed by atoms with Crippen LogP contribution in [-0.2, 0) is 19.0 Å². The van der Waals surface area contributed by atoms with Crippen LogP contribution in [0.15, 0.2) is 24.3 Å². The second-order valence-electron chi connectivity index (χ2n) is 6.45. The van der Waals surface area contributed by atoms with E-state index in [9.17, 15) is 14.7 Å². The number of aliphatic hydroxyl groups is 1. The smallest absolute Gasteiger partial charge is 0.465 e. The Morgan fingerprint density at radius 1 is 1.17 bits per heavy atom. The number of hydrogen-bond acceptors (Lipinski definition) is 6. The van der Waals surface area contributed by atoms with Gasteiger partial charge in [-0.1, -0.05) is 24.3 Å². The Kier molecular flexibility index (Phi) is 10.8. The molecule has 0 amide bonds. The van der Waals surface area contributed by atoms with Crippen LogP contribution in [0.1, 0.15) is 47.0 Å². The lowest BCUT2D eigenvalue weighted by molar-refractivity contribution is -0.153. The highest BCUT2D eigenvalue weighted by Gasteiger charge is 2.23. The van der Waals surface area contributed by atoms with E-state index in [4.69, 9.17) is 9.47 Å². The normalized spacial score (nSPS) is 12.7. The number of ether oxygens (including phenoxy) is 3. The zero-order valence-corrected chi connectivity index (χ0v) is 15.2. The minimum atomic E-state index is -0.693. The van der Waals surface area contributed by atoms with Crippen LogP contribution < -0.4 is 0 Å². The van der Waals surface area contributed by atoms with Crippen molar-refractivity contribution in [1.82, 2.24) is 0 Å². The van der Waals surface area contributed by atoms with Gasteiger partial charge in [-0.15, -0.1) is 0 Å². The molecule has 0 rings (SSSR count). The molecular formula is C18H30O6. The van der Waals surface area contributed by atoms with E-state index in [1.54, 1.807) is 33.8 Å². The summed E-state index contributed by atoms with van der Waals surface area (Å²) in [6.07, 6.45) is 3.58. The van der Waals surface area contributed by atoms with Gasteiger partial charge in [-0.05, 0) is 40.5 Å². The van der Waals surface area contributed by atoms with Crippen molar-refractivity contribution in [3.05, 3.63) is 24.3 Å². The molecule has 24 heavy (non-hydrogen) atoms. The third-order valence-electron chi connectivity index (χ3n) is 2.95. The third kappa shape index (κ3) is 11.7. The van der Waals surface area contributed by atoms with E-state index in [2.05, 4.69) is 11.3 Å². The molecule has 0 fully saturated rings. The van der Waals surface area contributed by atoms with Crippen LogP contribution in [0.25, 0.3) is 0 Å². The summed E-state index contributed by atoms with van der Waals surface area (Å²) in [5, 5.41) is 9.91. The quantitative estimate of drug-likeness (QED) is 0.484. The van der Waals surface area contributed by atoms with Gasteiger partial charge in [-0.25, -0.2) is 4.79 Å². The van der Waals surface area contributed by atoms with Gasteiger partial charge in [-0.3, -0.25) is 4.79 Å². The molecule has 138 valence electrons. The lowest BCUT2D eigenvalue weighted by Gasteiger charge is -2.17. The zero-order chi connectivity index (χ0) is 18.6. The second kappa shape index (κ2) is 11.7. The van der Waals surface area contributed by atoms with Crippen molar-refractivity contribution in [3.63, 3.8) is 0 Å². The molecule has 6 heteroatoms. The first-order chi connectivity index (χ1) is 11.2. The molecule has 0 radical (unpaired) electrons. The molecule has 0 aromatic heterocycles. The van der Waals surface area contributed by atoms with E-state index < -0.39 is 17.7 Å². The lowest BCUT2D eigenvalue weighted by Crippen LogP contribution is -2.24. The zero-order valence-electron chi connectivity index (χ0n) is 15.2. The van der Waals surface area contributed by atoms with E-state index in [0.29, 0.717) is 19.3 Å². The summed E-state index contributed by atoms with van der Waals surface area (Å²) in [4.78, 5) is 22.5. The van der Waals surface area contributed by atoms with Gasteiger partial charge in [0.2, 0.25) is 0 Å². The van der Waals surface area contributed by atoms with E-state index >= 15 is 0 Å². The SMILES string of the molecule is C=C(C/C=C/COC(=O)OCC)C[C@@H](O)CCOC(=O)C(C)(C)C. The van der Waals surface area contributed by atoms with Crippen LogP contribution in [0.2, 0.25) is 0 Å². The maximum absolute atomic E-state index is 11.6. The molecule has 0 bridgehead atoms. The fourth-order valence-corrected chi connectivity index (χ4v) is 1.62. The fraction of sp³-hybridized carbons (Fsp3) is 0.667. The standard InChI is InChI=1S/C18H30O6/c1-6-22-17(21)24-11-8-7-9-14(2)13-15(19)10-12-23-16(20)18(3,4)5/h7-8,15,19H,2,6,9-13H2,1,3-5H3/b8-7+/t15-/m0/s1. The van der Waals surface area contributed by atoms with Gasteiger partial charge in [0.25, 0.3) is 0 Å². The highest BCUT2D eigenvalue weighted by Crippen LogP contribution is 2.16. The second-order valence-corrected chi connectivity index (χ2v) is 6.45. The first-order valence-corrected chi connectivity index (χ1v) is 8.13. The van der Waals surface area contributed by atoms with Gasteiger partial charge in [0.05, 0.1) is 24.7 Å². The molecule has 1 N–H and O–H groups in total. The molecular weight excluding hydrogens is 312 g/mol. The van der Waals surface area contributed by atoms with Crippen LogP contribution in [-0.4, -0.2) is 43.2 Å². The Hall–Kier alpha value is -1.82. The Morgan fingerprint density at radius 2 is 1.83 bits per heavy atom. The average Bonchev–Trinajstić information content (AvgIpc) is 2.45. The Bertz CT molecular complexity index is 433. The number of allylic oxidation sites excluding steroid dienone is 1. The van der Waals surface area contributed by atoms with E-state index in [0.717, 1.165) is 5.57 Å². The van der Waals surface area contributed by atoms with Gasteiger partial charge in [0, 0.05) is 6.42 Å². The number of hydrogen-bond donors (Lipinski definition) is 1. The predicted molar refractivity (Wildman–Crippen MR) is 91.5 cm³/mol. The van der Waals surface area contributed by atoms with Crippen LogP contribution in [0.5, 0.6) is 0 Å². The molecule has 0 aliphatic heterocycles. The molecule has 0 saturated heterocycles. The number of carbonyl (C=O) groups is 2. The molecule has 1 atom stereocenters. The highest BCUT2D eigenvalue weighted by atomic mass is 16.7. The van der Waals surface area contributed by atoms with Crippen LogP contribution in [0.3, 0.4) is 0 Å². The summed E-state index contributed by atoms with van der Waals surface area (Å²) in [5.74, 6) is -0.280. The summed E-state index contributed by atoms with van der Waals surface area (Å²) in [6, 6.07) is 0. The summed E-state index contributed by atoms with van der Waals surface area (Å²) in [5.41, 5.74) is 0.308. The molecule has 0 saturated carbocycles. The maximum atomic E-state index is 11.6. The number of rotatable bonds is 10. The Morgan fingerprint density at radius 3 is 2.42 bits per heavy atom. The Labute approximate surface area is 144 Å². The van der Waals surface area contributed by atoms with Gasteiger partial charge in [0.15, 0.2) is 0 Å². The number of esters is 1. The topological polar surface area (TPSA) is 82.1 Å². The first kappa shape index (κ1) is 22.2. The minimum absolute atomic E-state index is 0.136. The molecule has 0 spiro atoms. The molecule has 0 aromatic rings. The predicted octanol–water partition coefficient (Wildman–Crippen LogP) is 3.39. The number of aliphatic hydroxyl groups excluding tert-OH is 1. The summed E-state index contributed by atoms with van der Waals surface area (Å²) >= 11 is 0. The van der Waals surface area contributed by atoms with E-state index in [-0.39, 0.29) is 25.8 Å². The van der Waals surface area contributed by atoms with Crippen molar-refractivity contribution in [2.45, 2.75) is 53.1 Å². The summed E-state index contributed by atoms with van der Waals surface area (Å²) in [7, 11) is 0. The van der Waals surface area contributed by atoms with Crippen molar-refractivity contribution in [2.24, 2.45) is 5.41 Å². The van der Waals surface area contributed by atoms with Crippen LogP contribution in [0, 0.1) is 5.41 Å². The summed E-state index contributed by atoms with van der Waals surface area (Å²) < 4.78 is 14.5. The lowest BCUT2D eigenvalue weighted by atomic mass is 9.97. The average molecular weight is 342 g/mol. The van der Waals surface area contributed by atoms with E-state index in [1.165, 1.54) is 0 Å². The minimum Gasteiger partial charge on any atom is -0.465 e. The van der Waals surface area contributed by atoms with Crippen LogP contribution in [0.4, 0.5) is 4.79 Å². The van der Waals surface area contributed by atoms with E-state index in [1.807, 2.05) is 6.08 Å². The fourth-order valence-electron chi connectivity index (χ4n) is 1.62. The van der Waals surface area contributed by atoms with Crippen molar-refractivity contribution in [2.75, 3.05) is 19.8 Å². The Balaban J connectivity index is 3.83. The largest absolute Gasteiger partial charge is 0.508 e. The molecule has 0 aromatic carbocycles. The van der Waals surface area contributed by atoms with Gasteiger partial charge < -0.3 is 19.3 Å². The van der Waals surface area contributed by atoms with Gasteiger partial charge in [0.1, 0.15) is 6.61 Å². The van der Waals surface area contributed by atoms with Gasteiger partial charge >= 0.3 is 12.1 Å². The molecule has 0 aliphatic carbocycles. The van der Waals surface area contributed by atoms with Gasteiger partial charge in [-0.2, -0.15) is 0 Å². The van der Waals surface area contributed by atoms with Crippen molar-refractivity contribution in [1.29, 1.82) is 0 Å². The maximum Gasteiger partial charge on any atom is 0.508 e. The number of carbonyl (C=O) groups excluding carboxylic acids is 2.